The SMILES string of the molecule is COc1ccc(OCCN2C(=O)C(=O)/C(=C(\O)c3cc(C)ccc3C)C2c2cccs2)cc1. The molecule has 2 aromatic carbocycles. The Labute approximate surface area is 196 Å². The zero-order chi connectivity index (χ0) is 23.5. The number of ether oxygens (including phenoxy) is 2. The van der Waals surface area contributed by atoms with Crippen molar-refractivity contribution in [3.05, 3.63) is 87.1 Å². The van der Waals surface area contributed by atoms with Crippen LogP contribution in [0.15, 0.2) is 65.6 Å². The molecule has 6 nitrogen and oxygen atoms in total. The summed E-state index contributed by atoms with van der Waals surface area (Å²) in [6, 6.07) is 15.9. The topological polar surface area (TPSA) is 76.1 Å². The van der Waals surface area contributed by atoms with Crippen LogP contribution >= 0.6 is 11.3 Å². The molecule has 0 aliphatic carbocycles. The van der Waals surface area contributed by atoms with E-state index in [1.807, 2.05) is 49.6 Å². The summed E-state index contributed by atoms with van der Waals surface area (Å²) in [5.74, 6) is -0.117. The van der Waals surface area contributed by atoms with Gasteiger partial charge in [0.05, 0.1) is 25.3 Å². The van der Waals surface area contributed by atoms with Gasteiger partial charge in [0.1, 0.15) is 23.9 Å². The van der Waals surface area contributed by atoms with Gasteiger partial charge < -0.3 is 19.5 Å². The number of Topliss-reactive ketones (excluding diaryl/α,β-unsaturated/α-hetero) is 1. The summed E-state index contributed by atoms with van der Waals surface area (Å²) < 4.78 is 10.9. The van der Waals surface area contributed by atoms with Crippen molar-refractivity contribution in [3.63, 3.8) is 0 Å². The zero-order valence-corrected chi connectivity index (χ0v) is 19.5. The molecule has 1 unspecified atom stereocenters. The van der Waals surface area contributed by atoms with Crippen LogP contribution in [0.1, 0.15) is 27.6 Å². The van der Waals surface area contributed by atoms with Gasteiger partial charge in [0.2, 0.25) is 0 Å². The van der Waals surface area contributed by atoms with E-state index in [1.54, 1.807) is 31.4 Å². The number of nitrogens with zero attached hydrogens (tertiary/aromatic N) is 1. The number of carbonyl (C=O) groups excluding carboxylic acids is 2. The van der Waals surface area contributed by atoms with E-state index in [9.17, 15) is 14.7 Å². The van der Waals surface area contributed by atoms with Crippen LogP contribution < -0.4 is 9.47 Å². The number of aliphatic hydroxyl groups excluding tert-OH is 1. The van der Waals surface area contributed by atoms with Gasteiger partial charge in [-0.15, -0.1) is 11.3 Å². The number of aryl methyl sites for hydroxylation is 2. The predicted octanol–water partition coefficient (Wildman–Crippen LogP) is 4.87. The normalized spacial score (nSPS) is 17.4. The average molecular weight is 464 g/mol. The fourth-order valence-electron chi connectivity index (χ4n) is 3.92. The maximum Gasteiger partial charge on any atom is 0.295 e. The molecule has 3 aromatic rings. The monoisotopic (exact) mass is 463 g/mol. The van der Waals surface area contributed by atoms with E-state index in [2.05, 4.69) is 0 Å². The first-order valence-electron chi connectivity index (χ1n) is 10.6. The number of rotatable bonds is 7. The van der Waals surface area contributed by atoms with E-state index in [4.69, 9.17) is 9.47 Å². The molecule has 1 N–H and O–H groups in total. The van der Waals surface area contributed by atoms with Crippen LogP contribution in [-0.2, 0) is 9.59 Å². The molecule has 1 aromatic heterocycles. The summed E-state index contributed by atoms with van der Waals surface area (Å²) >= 11 is 1.44. The van der Waals surface area contributed by atoms with Gasteiger partial charge in [-0.25, -0.2) is 0 Å². The Morgan fingerprint density at radius 2 is 1.79 bits per heavy atom. The fraction of sp³-hybridized carbons (Fsp3) is 0.231. The van der Waals surface area contributed by atoms with Crippen molar-refractivity contribution < 1.29 is 24.2 Å². The molecule has 7 heteroatoms. The Kier molecular flexibility index (Phi) is 6.51. The second-order valence-electron chi connectivity index (χ2n) is 7.85. The predicted molar refractivity (Wildman–Crippen MR) is 128 cm³/mol. The molecule has 4 rings (SSSR count). The van der Waals surface area contributed by atoms with Crippen LogP contribution in [0, 0.1) is 13.8 Å². The molecule has 0 bridgehead atoms. The quantitative estimate of drug-likeness (QED) is 0.307. The van der Waals surface area contributed by atoms with Crippen LogP contribution in [0.25, 0.3) is 5.76 Å². The molecular formula is C26H25NO5S. The van der Waals surface area contributed by atoms with Gasteiger partial charge >= 0.3 is 0 Å². The highest BCUT2D eigenvalue weighted by atomic mass is 32.1. The molecule has 1 atom stereocenters. The number of benzene rings is 2. The zero-order valence-electron chi connectivity index (χ0n) is 18.7. The number of aliphatic hydroxyl groups is 1. The number of methoxy groups -OCH3 is 1. The van der Waals surface area contributed by atoms with Crippen molar-refractivity contribution in [2.75, 3.05) is 20.3 Å². The van der Waals surface area contributed by atoms with Crippen LogP contribution in [0.5, 0.6) is 11.5 Å². The fourth-order valence-corrected chi connectivity index (χ4v) is 4.77. The third-order valence-corrected chi connectivity index (χ3v) is 6.59. The number of ketones is 1. The number of likely N-dealkylation sites (tertiary alicyclic amines) is 1. The number of carbonyl (C=O) groups is 2. The third-order valence-electron chi connectivity index (χ3n) is 5.66. The molecule has 1 aliphatic heterocycles. The smallest absolute Gasteiger partial charge is 0.295 e. The largest absolute Gasteiger partial charge is 0.507 e. The highest BCUT2D eigenvalue weighted by molar-refractivity contribution is 7.10. The van der Waals surface area contributed by atoms with Gasteiger partial charge in [-0.05, 0) is 61.2 Å². The van der Waals surface area contributed by atoms with Gasteiger partial charge in [-0.3, -0.25) is 9.59 Å². The van der Waals surface area contributed by atoms with Crippen molar-refractivity contribution >= 4 is 28.8 Å². The molecule has 1 aliphatic rings. The summed E-state index contributed by atoms with van der Waals surface area (Å²) in [6.45, 7) is 4.18. The Morgan fingerprint density at radius 3 is 2.45 bits per heavy atom. The van der Waals surface area contributed by atoms with Crippen LogP contribution in [0.2, 0.25) is 0 Å². The maximum atomic E-state index is 13.1. The lowest BCUT2D eigenvalue weighted by Crippen LogP contribution is -2.33. The number of amides is 1. The summed E-state index contributed by atoms with van der Waals surface area (Å²) in [6.07, 6.45) is 0. The highest BCUT2D eigenvalue weighted by Crippen LogP contribution is 2.41. The Balaban J connectivity index is 1.65. The molecule has 1 saturated heterocycles. The first-order valence-corrected chi connectivity index (χ1v) is 11.4. The lowest BCUT2D eigenvalue weighted by molar-refractivity contribution is -0.140. The summed E-state index contributed by atoms with van der Waals surface area (Å²) in [4.78, 5) is 28.4. The Morgan fingerprint density at radius 1 is 1.06 bits per heavy atom. The molecule has 0 radical (unpaired) electrons. The lowest BCUT2D eigenvalue weighted by atomic mass is 9.96. The van der Waals surface area contributed by atoms with E-state index in [1.165, 1.54) is 16.2 Å². The first kappa shape index (κ1) is 22.6. The van der Waals surface area contributed by atoms with Gasteiger partial charge in [0, 0.05) is 10.4 Å². The molecule has 1 amide bonds. The van der Waals surface area contributed by atoms with Crippen molar-refractivity contribution in [3.8, 4) is 11.5 Å². The minimum Gasteiger partial charge on any atom is -0.507 e. The average Bonchev–Trinajstić information content (AvgIpc) is 3.43. The van der Waals surface area contributed by atoms with Gasteiger partial charge in [-0.1, -0.05) is 23.8 Å². The van der Waals surface area contributed by atoms with Gasteiger partial charge in [0.15, 0.2) is 0 Å². The second kappa shape index (κ2) is 9.50. The standard InChI is InChI=1S/C26H25NO5S/c1-16-6-7-17(2)20(15-16)24(28)22-23(21-5-4-14-33-21)27(26(30)25(22)29)12-13-32-19-10-8-18(31-3)9-11-19/h4-11,14-15,23,28H,12-13H2,1-3H3/b24-22-. The van der Waals surface area contributed by atoms with Crippen molar-refractivity contribution in [2.24, 2.45) is 0 Å². The number of hydrogen-bond donors (Lipinski definition) is 1. The number of thiophene rings is 1. The van der Waals surface area contributed by atoms with Crippen molar-refractivity contribution in [2.45, 2.75) is 19.9 Å². The molecule has 33 heavy (non-hydrogen) atoms. The molecule has 170 valence electrons. The van der Waals surface area contributed by atoms with Crippen LogP contribution in [-0.4, -0.2) is 42.0 Å². The van der Waals surface area contributed by atoms with Crippen LogP contribution in [0.3, 0.4) is 0 Å². The van der Waals surface area contributed by atoms with Crippen molar-refractivity contribution in [1.82, 2.24) is 4.90 Å². The highest BCUT2D eigenvalue weighted by Gasteiger charge is 2.46. The lowest BCUT2D eigenvalue weighted by Gasteiger charge is -2.24. The minimum atomic E-state index is -0.684. The molecule has 1 fully saturated rings. The summed E-state index contributed by atoms with van der Waals surface area (Å²) in [7, 11) is 1.59. The maximum absolute atomic E-state index is 13.1. The van der Waals surface area contributed by atoms with Gasteiger partial charge in [0.25, 0.3) is 11.7 Å². The molecule has 0 saturated carbocycles. The number of hydrogen-bond acceptors (Lipinski definition) is 6. The van der Waals surface area contributed by atoms with Gasteiger partial charge in [-0.2, -0.15) is 0 Å². The molecule has 2 heterocycles. The van der Waals surface area contributed by atoms with E-state index in [0.29, 0.717) is 11.3 Å². The second-order valence-corrected chi connectivity index (χ2v) is 8.83. The summed E-state index contributed by atoms with van der Waals surface area (Å²) in [5.41, 5.74) is 2.46. The molecular weight excluding hydrogens is 438 g/mol. The summed E-state index contributed by atoms with van der Waals surface area (Å²) in [5, 5.41) is 13.1. The minimum absolute atomic E-state index is 0.112. The Bertz CT molecular complexity index is 1200. The van der Waals surface area contributed by atoms with E-state index in [-0.39, 0.29) is 24.5 Å². The molecule has 0 spiro atoms. The van der Waals surface area contributed by atoms with Crippen LogP contribution in [0.4, 0.5) is 0 Å². The third kappa shape index (κ3) is 4.50. The van der Waals surface area contributed by atoms with E-state index in [0.717, 1.165) is 21.8 Å². The van der Waals surface area contributed by atoms with E-state index < -0.39 is 17.7 Å². The van der Waals surface area contributed by atoms with Crippen molar-refractivity contribution in [1.29, 1.82) is 0 Å². The van der Waals surface area contributed by atoms with E-state index >= 15 is 0 Å². The first-order chi connectivity index (χ1) is 15.9. The Hall–Kier alpha value is -3.58.